The van der Waals surface area contributed by atoms with E-state index in [1.54, 1.807) is 0 Å². The highest BCUT2D eigenvalue weighted by Gasteiger charge is 2.06. The topological polar surface area (TPSA) is 26.0 Å². The van der Waals surface area contributed by atoms with Crippen LogP contribution in [0.2, 0.25) is 5.04 Å². The molecular formula is C4H11NSi. The zero-order chi connectivity index (χ0) is 5.21. The Balaban J connectivity index is 3.17. The Morgan fingerprint density at radius 3 is 1.50 bits per heavy atom. The fourth-order valence-corrected chi connectivity index (χ4v) is 0. The SMILES string of the molecule is CC(C)(C)[Si]N. The van der Waals surface area contributed by atoms with Gasteiger partial charge in [0.1, 0.15) is 9.68 Å². The summed E-state index contributed by atoms with van der Waals surface area (Å²) in [4.78, 5) is 0. The first-order valence-corrected chi connectivity index (χ1v) is 3.12. The minimum absolute atomic E-state index is 0.347. The maximum absolute atomic E-state index is 5.33. The lowest BCUT2D eigenvalue weighted by molar-refractivity contribution is 0.752. The van der Waals surface area contributed by atoms with Crippen molar-refractivity contribution in [2.24, 2.45) is 5.40 Å². The minimum atomic E-state index is 0.347. The zero-order valence-corrected chi connectivity index (χ0v) is 5.58. The van der Waals surface area contributed by atoms with Gasteiger partial charge in [-0.3, -0.25) is 0 Å². The van der Waals surface area contributed by atoms with Crippen LogP contribution in [0.4, 0.5) is 0 Å². The van der Waals surface area contributed by atoms with Crippen molar-refractivity contribution in [1.29, 1.82) is 0 Å². The van der Waals surface area contributed by atoms with Gasteiger partial charge in [-0.1, -0.05) is 20.8 Å². The first kappa shape index (κ1) is 6.18. The van der Waals surface area contributed by atoms with Crippen molar-refractivity contribution in [2.75, 3.05) is 0 Å². The normalized spacial score (nSPS) is 12.0. The van der Waals surface area contributed by atoms with E-state index in [1.165, 1.54) is 0 Å². The summed E-state index contributed by atoms with van der Waals surface area (Å²) in [6.45, 7) is 6.39. The van der Waals surface area contributed by atoms with Crippen LogP contribution in [0, 0.1) is 0 Å². The summed E-state index contributed by atoms with van der Waals surface area (Å²) in [5, 5.41) is 5.68. The molecule has 0 aromatic heterocycles. The third kappa shape index (κ3) is 4.18. The number of hydrogen-bond donors (Lipinski definition) is 1. The van der Waals surface area contributed by atoms with Crippen LogP contribution in [0.3, 0.4) is 0 Å². The van der Waals surface area contributed by atoms with Crippen LogP contribution < -0.4 is 5.40 Å². The van der Waals surface area contributed by atoms with Crippen molar-refractivity contribution >= 4 is 9.68 Å². The van der Waals surface area contributed by atoms with E-state index in [0.717, 1.165) is 0 Å². The fourth-order valence-electron chi connectivity index (χ4n) is 0. The first-order valence-electron chi connectivity index (χ1n) is 2.04. The van der Waals surface area contributed by atoms with Gasteiger partial charge in [-0.2, -0.15) is 0 Å². The van der Waals surface area contributed by atoms with Crippen molar-refractivity contribution in [3.63, 3.8) is 0 Å². The lowest BCUT2D eigenvalue weighted by atomic mass is 10.3. The maximum Gasteiger partial charge on any atom is 0.142 e. The van der Waals surface area contributed by atoms with Crippen LogP contribution in [-0.2, 0) is 0 Å². The van der Waals surface area contributed by atoms with Gasteiger partial charge < -0.3 is 5.40 Å². The lowest BCUT2D eigenvalue weighted by Gasteiger charge is -2.10. The molecule has 0 unspecified atom stereocenters. The van der Waals surface area contributed by atoms with Crippen LogP contribution in [-0.4, -0.2) is 9.68 Å². The monoisotopic (exact) mass is 101 g/mol. The molecule has 0 saturated carbocycles. The maximum atomic E-state index is 5.33. The van der Waals surface area contributed by atoms with Crippen molar-refractivity contribution in [3.8, 4) is 0 Å². The zero-order valence-electron chi connectivity index (χ0n) is 4.58. The summed E-state index contributed by atoms with van der Waals surface area (Å²) in [7, 11) is 0.567. The van der Waals surface area contributed by atoms with Crippen molar-refractivity contribution in [2.45, 2.75) is 25.8 Å². The summed E-state index contributed by atoms with van der Waals surface area (Å²) in [5.41, 5.74) is 0. The van der Waals surface area contributed by atoms with Crippen LogP contribution >= 0.6 is 0 Å². The number of hydrogen-bond acceptors (Lipinski definition) is 1. The molecule has 0 rings (SSSR count). The number of rotatable bonds is 0. The van der Waals surface area contributed by atoms with Crippen LogP contribution in [0.5, 0.6) is 0 Å². The molecule has 0 atom stereocenters. The predicted octanol–water partition coefficient (Wildman–Crippen LogP) is 0.783. The van der Waals surface area contributed by atoms with E-state index in [4.69, 9.17) is 5.40 Å². The Kier molecular flexibility index (Phi) is 1.81. The van der Waals surface area contributed by atoms with Crippen molar-refractivity contribution < 1.29 is 0 Å². The van der Waals surface area contributed by atoms with Gasteiger partial charge in [0.15, 0.2) is 0 Å². The smallest absolute Gasteiger partial charge is 0.142 e. The van der Waals surface area contributed by atoms with E-state index < -0.39 is 0 Å². The van der Waals surface area contributed by atoms with Crippen molar-refractivity contribution in [1.82, 2.24) is 0 Å². The van der Waals surface area contributed by atoms with E-state index in [9.17, 15) is 0 Å². The molecule has 0 spiro atoms. The third-order valence-corrected chi connectivity index (χ3v) is 1.30. The summed E-state index contributed by atoms with van der Waals surface area (Å²) in [6, 6.07) is 0. The minimum Gasteiger partial charge on any atom is -0.352 e. The second-order valence-electron chi connectivity index (χ2n) is 2.39. The molecule has 2 N–H and O–H groups in total. The van der Waals surface area contributed by atoms with Gasteiger partial charge in [0.05, 0.1) is 0 Å². The van der Waals surface area contributed by atoms with E-state index >= 15 is 0 Å². The third-order valence-electron chi connectivity index (χ3n) is 0.433. The van der Waals surface area contributed by atoms with Gasteiger partial charge in [0.25, 0.3) is 0 Å². The molecule has 0 heterocycles. The molecule has 6 heavy (non-hydrogen) atoms. The molecule has 0 saturated heterocycles. The molecule has 1 nitrogen and oxygen atoms in total. The van der Waals surface area contributed by atoms with Crippen LogP contribution in [0.15, 0.2) is 0 Å². The van der Waals surface area contributed by atoms with Gasteiger partial charge in [0.2, 0.25) is 0 Å². The lowest BCUT2D eigenvalue weighted by Crippen LogP contribution is -2.17. The van der Waals surface area contributed by atoms with Crippen LogP contribution in [0.25, 0.3) is 0 Å². The summed E-state index contributed by atoms with van der Waals surface area (Å²) < 4.78 is 0. The van der Waals surface area contributed by atoms with Gasteiger partial charge in [-0.05, 0) is 5.04 Å². The highest BCUT2D eigenvalue weighted by Crippen LogP contribution is 2.16. The second-order valence-corrected chi connectivity index (χ2v) is 4.18. The quantitative estimate of drug-likeness (QED) is 0.448. The predicted molar refractivity (Wildman–Crippen MR) is 29.7 cm³/mol. The molecule has 36 valence electrons. The molecule has 0 aliphatic carbocycles. The van der Waals surface area contributed by atoms with Gasteiger partial charge in [0, 0.05) is 0 Å². The van der Waals surface area contributed by atoms with Gasteiger partial charge in [-0.15, -0.1) is 0 Å². The Hall–Kier alpha value is 0.177. The Labute approximate surface area is 41.8 Å². The van der Waals surface area contributed by atoms with Gasteiger partial charge in [-0.25, -0.2) is 0 Å². The molecule has 0 aromatic carbocycles. The molecular weight excluding hydrogens is 90.1 g/mol. The average molecular weight is 101 g/mol. The Morgan fingerprint density at radius 2 is 1.50 bits per heavy atom. The fraction of sp³-hybridized carbons (Fsp3) is 1.00. The molecule has 0 bridgehead atoms. The Morgan fingerprint density at radius 1 is 1.33 bits per heavy atom. The largest absolute Gasteiger partial charge is 0.352 e. The van der Waals surface area contributed by atoms with E-state index in [0.29, 0.717) is 14.7 Å². The van der Waals surface area contributed by atoms with Crippen molar-refractivity contribution in [3.05, 3.63) is 0 Å². The molecule has 0 aliphatic rings. The second kappa shape index (κ2) is 1.75. The standard InChI is InChI=1S/C4H11NSi/c1-4(2,3)6-5/h5H2,1-3H3. The summed E-state index contributed by atoms with van der Waals surface area (Å²) in [6.07, 6.45) is 0. The molecule has 0 fully saturated rings. The van der Waals surface area contributed by atoms with Crippen LogP contribution in [0.1, 0.15) is 20.8 Å². The highest BCUT2D eigenvalue weighted by atomic mass is 28.2. The number of nitrogens with two attached hydrogens (primary N) is 1. The molecule has 0 amide bonds. The molecule has 0 aromatic rings. The average Bonchev–Trinajstić information content (AvgIpc) is 1.35. The molecule has 2 radical (unpaired) electrons. The summed E-state index contributed by atoms with van der Waals surface area (Å²) in [5.74, 6) is 0. The summed E-state index contributed by atoms with van der Waals surface area (Å²) >= 11 is 0. The van der Waals surface area contributed by atoms with E-state index in [2.05, 4.69) is 20.8 Å². The van der Waals surface area contributed by atoms with E-state index in [-0.39, 0.29) is 0 Å². The Bertz CT molecular complexity index is 37.3. The first-order chi connectivity index (χ1) is 2.56. The van der Waals surface area contributed by atoms with Gasteiger partial charge >= 0.3 is 0 Å². The highest BCUT2D eigenvalue weighted by molar-refractivity contribution is 6.35. The van der Waals surface area contributed by atoms with E-state index in [1.807, 2.05) is 0 Å². The molecule has 2 heteroatoms. The molecule has 0 aliphatic heterocycles.